The molecule has 0 spiro atoms. The molecule has 0 saturated heterocycles. The smallest absolute Gasteiger partial charge is 0.258 e. The summed E-state index contributed by atoms with van der Waals surface area (Å²) in [6.07, 6.45) is 0. The van der Waals surface area contributed by atoms with Crippen LogP contribution in [0.4, 0.5) is 0 Å². The van der Waals surface area contributed by atoms with Crippen LogP contribution >= 0.6 is 11.6 Å². The molecule has 0 aliphatic carbocycles. The van der Waals surface area contributed by atoms with Gasteiger partial charge in [-0.05, 0) is 26.3 Å². The fraction of sp³-hybridized carbons (Fsp3) is 0.316. The Balaban J connectivity index is 1.80. The van der Waals surface area contributed by atoms with Gasteiger partial charge in [0.25, 0.3) is 5.91 Å². The van der Waals surface area contributed by atoms with Gasteiger partial charge in [-0.1, -0.05) is 46.6 Å². The number of amides is 1. The van der Waals surface area contributed by atoms with E-state index in [-0.39, 0.29) is 5.91 Å². The van der Waals surface area contributed by atoms with Crippen molar-refractivity contribution in [1.29, 1.82) is 0 Å². The lowest BCUT2D eigenvalue weighted by Gasteiger charge is -2.15. The van der Waals surface area contributed by atoms with E-state index in [2.05, 4.69) is 10.3 Å². The maximum atomic E-state index is 12.8. The number of carbonyl (C=O) groups excluding carboxylic acids is 1. The van der Waals surface area contributed by atoms with E-state index in [9.17, 15) is 4.79 Å². The van der Waals surface area contributed by atoms with E-state index in [1.54, 1.807) is 29.6 Å². The molecule has 6 nitrogen and oxygen atoms in total. The van der Waals surface area contributed by atoms with Gasteiger partial charge in [0.1, 0.15) is 16.6 Å². The lowest BCUT2D eigenvalue weighted by molar-refractivity contribution is 0.0781. The molecule has 3 rings (SSSR count). The largest absolute Gasteiger partial charge is 0.361 e. The molecule has 26 heavy (non-hydrogen) atoms. The Morgan fingerprint density at radius 1 is 1.23 bits per heavy atom. The number of rotatable bonds is 5. The van der Waals surface area contributed by atoms with Gasteiger partial charge < -0.3 is 9.42 Å². The topological polar surface area (TPSA) is 64.2 Å². The minimum absolute atomic E-state index is 0.191. The van der Waals surface area contributed by atoms with Gasteiger partial charge >= 0.3 is 0 Å². The van der Waals surface area contributed by atoms with Crippen molar-refractivity contribution in [2.24, 2.45) is 0 Å². The van der Waals surface area contributed by atoms with Crippen LogP contribution in [0.15, 0.2) is 34.9 Å². The van der Waals surface area contributed by atoms with E-state index < -0.39 is 0 Å². The van der Waals surface area contributed by atoms with Crippen LogP contribution < -0.4 is 0 Å². The van der Waals surface area contributed by atoms with Gasteiger partial charge in [-0.2, -0.15) is 5.10 Å². The fourth-order valence-electron chi connectivity index (χ4n) is 2.77. The maximum Gasteiger partial charge on any atom is 0.258 e. The molecule has 136 valence electrons. The number of nitrogens with zero attached hydrogens (tertiary/aromatic N) is 4. The highest BCUT2D eigenvalue weighted by Gasteiger charge is 2.24. The predicted molar refractivity (Wildman–Crippen MR) is 99.3 cm³/mol. The van der Waals surface area contributed by atoms with Crippen LogP contribution in [0.25, 0.3) is 0 Å². The summed E-state index contributed by atoms with van der Waals surface area (Å²) in [6, 6.07) is 9.95. The van der Waals surface area contributed by atoms with Crippen molar-refractivity contribution in [2.75, 3.05) is 7.05 Å². The van der Waals surface area contributed by atoms with Crippen molar-refractivity contribution in [3.05, 3.63) is 69.3 Å². The van der Waals surface area contributed by atoms with Crippen LogP contribution in [0.2, 0.25) is 5.15 Å². The first kappa shape index (κ1) is 18.2. The second-order valence-electron chi connectivity index (χ2n) is 6.48. The summed E-state index contributed by atoms with van der Waals surface area (Å²) >= 11 is 6.48. The molecule has 0 aliphatic rings. The molecule has 0 saturated carbocycles. The Hall–Kier alpha value is -2.60. The van der Waals surface area contributed by atoms with Gasteiger partial charge in [-0.15, -0.1) is 0 Å². The molecule has 0 N–H and O–H groups in total. The van der Waals surface area contributed by atoms with Crippen LogP contribution in [0.3, 0.4) is 0 Å². The Morgan fingerprint density at radius 2 is 1.92 bits per heavy atom. The highest BCUT2D eigenvalue weighted by Crippen LogP contribution is 2.23. The summed E-state index contributed by atoms with van der Waals surface area (Å²) in [7, 11) is 1.71. The van der Waals surface area contributed by atoms with Crippen molar-refractivity contribution < 1.29 is 9.32 Å². The zero-order valence-electron chi connectivity index (χ0n) is 15.3. The average molecular weight is 373 g/mol. The molecule has 2 heterocycles. The number of carbonyl (C=O) groups is 1. The van der Waals surface area contributed by atoms with Crippen molar-refractivity contribution in [2.45, 2.75) is 33.9 Å². The molecular formula is C19H21ClN4O2. The maximum absolute atomic E-state index is 12.8. The lowest BCUT2D eigenvalue weighted by Crippen LogP contribution is -2.27. The molecule has 0 radical (unpaired) electrons. The Kier molecular flexibility index (Phi) is 5.13. The molecule has 1 aromatic carbocycles. The molecule has 0 bridgehead atoms. The molecule has 0 aliphatic heterocycles. The Morgan fingerprint density at radius 3 is 2.54 bits per heavy atom. The molecule has 3 aromatic rings. The second-order valence-corrected chi connectivity index (χ2v) is 6.84. The molecule has 7 heteroatoms. The Bertz CT molecular complexity index is 928. The van der Waals surface area contributed by atoms with Crippen molar-refractivity contribution >= 4 is 17.5 Å². The van der Waals surface area contributed by atoms with Gasteiger partial charge in [0.15, 0.2) is 0 Å². The monoisotopic (exact) mass is 372 g/mol. The minimum atomic E-state index is -0.191. The van der Waals surface area contributed by atoms with Crippen LogP contribution in [0.5, 0.6) is 0 Å². The fourth-order valence-corrected chi connectivity index (χ4v) is 3.08. The number of hydrogen-bond acceptors (Lipinski definition) is 4. The zero-order valence-corrected chi connectivity index (χ0v) is 16.0. The molecular weight excluding hydrogens is 352 g/mol. The first-order valence-corrected chi connectivity index (χ1v) is 8.69. The second kappa shape index (κ2) is 7.33. The first-order chi connectivity index (χ1) is 12.3. The minimum Gasteiger partial charge on any atom is -0.361 e. The highest BCUT2D eigenvalue weighted by atomic mass is 35.5. The van der Waals surface area contributed by atoms with Gasteiger partial charge in [-0.3, -0.25) is 4.79 Å². The SMILES string of the molecule is Cc1ccc(Cn2nc(C)c(C(=O)N(C)Cc3cc(C)on3)c2Cl)cc1. The van der Waals surface area contributed by atoms with Crippen molar-refractivity contribution in [1.82, 2.24) is 19.8 Å². The number of benzene rings is 1. The van der Waals surface area contributed by atoms with Crippen molar-refractivity contribution in [3.8, 4) is 0 Å². The third-order valence-corrected chi connectivity index (χ3v) is 4.54. The summed E-state index contributed by atoms with van der Waals surface area (Å²) in [4.78, 5) is 14.4. The quantitative estimate of drug-likeness (QED) is 0.683. The van der Waals surface area contributed by atoms with Gasteiger partial charge in [0, 0.05) is 13.1 Å². The zero-order chi connectivity index (χ0) is 18.8. The van der Waals surface area contributed by atoms with Crippen LogP contribution in [-0.4, -0.2) is 32.8 Å². The van der Waals surface area contributed by atoms with Crippen molar-refractivity contribution in [3.63, 3.8) is 0 Å². The highest BCUT2D eigenvalue weighted by molar-refractivity contribution is 6.33. The van der Waals surface area contributed by atoms with E-state index >= 15 is 0 Å². The molecule has 0 fully saturated rings. The van der Waals surface area contributed by atoms with E-state index in [1.165, 1.54) is 5.56 Å². The lowest BCUT2D eigenvalue weighted by atomic mass is 10.1. The van der Waals surface area contributed by atoms with Crippen LogP contribution in [-0.2, 0) is 13.1 Å². The van der Waals surface area contributed by atoms with Gasteiger partial charge in [-0.25, -0.2) is 4.68 Å². The summed E-state index contributed by atoms with van der Waals surface area (Å²) in [5, 5.41) is 8.71. The third kappa shape index (κ3) is 3.80. The number of halogens is 1. The normalized spacial score (nSPS) is 11.0. The van der Waals surface area contributed by atoms with Crippen LogP contribution in [0, 0.1) is 20.8 Å². The average Bonchev–Trinajstić information content (AvgIpc) is 3.12. The summed E-state index contributed by atoms with van der Waals surface area (Å²) < 4.78 is 6.70. The summed E-state index contributed by atoms with van der Waals surface area (Å²) in [5.41, 5.74) is 3.98. The molecule has 2 aromatic heterocycles. The number of hydrogen-bond donors (Lipinski definition) is 0. The summed E-state index contributed by atoms with van der Waals surface area (Å²) in [6.45, 7) is 6.50. The number of aryl methyl sites for hydroxylation is 3. The van der Waals surface area contributed by atoms with E-state index in [1.807, 2.05) is 38.1 Å². The Labute approximate surface area is 157 Å². The van der Waals surface area contributed by atoms with Gasteiger partial charge in [0.05, 0.1) is 24.3 Å². The van der Waals surface area contributed by atoms with Crippen LogP contribution in [0.1, 0.15) is 38.6 Å². The number of aromatic nitrogens is 3. The van der Waals surface area contributed by atoms with E-state index in [0.29, 0.717) is 41.0 Å². The molecule has 0 atom stereocenters. The molecule has 1 amide bonds. The van der Waals surface area contributed by atoms with Gasteiger partial charge in [0.2, 0.25) is 0 Å². The standard InChI is InChI=1S/C19H21ClN4O2/c1-12-5-7-15(8-6-12)10-24-18(20)17(14(3)21-24)19(25)23(4)11-16-9-13(2)26-22-16/h5-9H,10-11H2,1-4H3. The third-order valence-electron chi connectivity index (χ3n) is 4.15. The summed E-state index contributed by atoms with van der Waals surface area (Å²) in [5.74, 6) is 0.518. The first-order valence-electron chi connectivity index (χ1n) is 8.31. The van der Waals surface area contributed by atoms with E-state index in [4.69, 9.17) is 16.1 Å². The van der Waals surface area contributed by atoms with E-state index in [0.717, 1.165) is 5.56 Å². The molecule has 0 unspecified atom stereocenters. The predicted octanol–water partition coefficient (Wildman–Crippen LogP) is 3.77.